The van der Waals surface area contributed by atoms with Crippen LogP contribution < -0.4 is 19.5 Å². The average molecular weight is 343 g/mol. The lowest BCUT2D eigenvalue weighted by Gasteiger charge is -2.14. The molecule has 2 aromatic rings. The second-order valence-corrected chi connectivity index (χ2v) is 5.65. The molecule has 2 aromatic carbocycles. The number of carbonyl (C=O) groups is 1. The summed E-state index contributed by atoms with van der Waals surface area (Å²) in [5.41, 5.74) is 2.14. The third-order valence-electron chi connectivity index (χ3n) is 3.93. The van der Waals surface area contributed by atoms with E-state index in [1.165, 1.54) is 5.56 Å². The maximum atomic E-state index is 12.0. The number of ether oxygens (including phenoxy) is 3. The van der Waals surface area contributed by atoms with Gasteiger partial charge in [-0.2, -0.15) is 0 Å². The van der Waals surface area contributed by atoms with Gasteiger partial charge in [0, 0.05) is 13.0 Å². The number of rotatable bonds is 9. The summed E-state index contributed by atoms with van der Waals surface area (Å²) in [5.74, 6) is 1.73. The monoisotopic (exact) mass is 343 g/mol. The van der Waals surface area contributed by atoms with Gasteiger partial charge in [0.1, 0.15) is 0 Å². The van der Waals surface area contributed by atoms with Crippen LogP contribution >= 0.6 is 0 Å². The molecular weight excluding hydrogens is 318 g/mol. The lowest BCUT2D eigenvalue weighted by molar-refractivity contribution is -0.121. The largest absolute Gasteiger partial charge is 0.493 e. The fourth-order valence-electron chi connectivity index (χ4n) is 2.62. The minimum absolute atomic E-state index is 0.0321. The van der Waals surface area contributed by atoms with Crippen molar-refractivity contribution in [3.05, 3.63) is 53.6 Å². The molecule has 1 amide bonds. The fourth-order valence-corrected chi connectivity index (χ4v) is 2.62. The molecule has 0 saturated heterocycles. The van der Waals surface area contributed by atoms with E-state index in [-0.39, 0.29) is 5.91 Å². The van der Waals surface area contributed by atoms with Gasteiger partial charge in [-0.25, -0.2) is 0 Å². The lowest BCUT2D eigenvalue weighted by atomic mass is 10.1. The SMILES string of the molecule is COc1cc(CNC(=O)CCCc2ccccc2)cc(OC)c1OC. The number of aryl methyl sites for hydroxylation is 1. The van der Waals surface area contributed by atoms with Gasteiger partial charge in [-0.3, -0.25) is 4.79 Å². The van der Waals surface area contributed by atoms with Gasteiger partial charge in [0.15, 0.2) is 11.5 Å². The second kappa shape index (κ2) is 9.57. The molecule has 0 fully saturated rings. The van der Waals surface area contributed by atoms with Gasteiger partial charge in [-0.05, 0) is 36.1 Å². The number of carbonyl (C=O) groups excluding carboxylic acids is 1. The van der Waals surface area contributed by atoms with E-state index in [0.717, 1.165) is 18.4 Å². The van der Waals surface area contributed by atoms with E-state index < -0.39 is 0 Å². The minimum atomic E-state index is 0.0321. The highest BCUT2D eigenvalue weighted by molar-refractivity contribution is 5.75. The first-order chi connectivity index (χ1) is 12.2. The van der Waals surface area contributed by atoms with Gasteiger partial charge in [0.25, 0.3) is 0 Å². The Kier molecular flexibility index (Phi) is 7.14. The molecule has 0 spiro atoms. The van der Waals surface area contributed by atoms with E-state index >= 15 is 0 Å². The molecule has 25 heavy (non-hydrogen) atoms. The summed E-state index contributed by atoms with van der Waals surface area (Å²) in [7, 11) is 4.71. The molecule has 0 aliphatic heterocycles. The van der Waals surface area contributed by atoms with Crippen molar-refractivity contribution in [2.75, 3.05) is 21.3 Å². The van der Waals surface area contributed by atoms with E-state index in [1.54, 1.807) is 21.3 Å². The van der Waals surface area contributed by atoms with Gasteiger partial charge >= 0.3 is 0 Å². The summed E-state index contributed by atoms with van der Waals surface area (Å²) in [6.45, 7) is 0.418. The maximum Gasteiger partial charge on any atom is 0.220 e. The Bertz CT molecular complexity index is 660. The second-order valence-electron chi connectivity index (χ2n) is 5.65. The predicted octanol–water partition coefficient (Wildman–Crippen LogP) is 3.35. The Morgan fingerprint density at radius 3 is 2.12 bits per heavy atom. The van der Waals surface area contributed by atoms with Gasteiger partial charge in [-0.1, -0.05) is 30.3 Å². The average Bonchev–Trinajstić information content (AvgIpc) is 2.66. The molecular formula is C20H25NO4. The lowest BCUT2D eigenvalue weighted by Crippen LogP contribution is -2.22. The Morgan fingerprint density at radius 1 is 0.920 bits per heavy atom. The fraction of sp³-hybridized carbons (Fsp3) is 0.350. The van der Waals surface area contributed by atoms with E-state index in [1.807, 2.05) is 30.3 Å². The van der Waals surface area contributed by atoms with Crippen molar-refractivity contribution in [2.45, 2.75) is 25.8 Å². The standard InChI is InChI=1S/C20H25NO4/c1-23-17-12-16(13-18(24-2)20(17)25-3)14-21-19(22)11-7-10-15-8-5-4-6-9-15/h4-6,8-9,12-13H,7,10-11,14H2,1-3H3,(H,21,22). The van der Waals surface area contributed by atoms with Crippen LogP contribution in [0.3, 0.4) is 0 Å². The summed E-state index contributed by atoms with van der Waals surface area (Å²) in [6, 6.07) is 13.9. The summed E-state index contributed by atoms with van der Waals surface area (Å²) >= 11 is 0. The molecule has 0 unspecified atom stereocenters. The summed E-state index contributed by atoms with van der Waals surface area (Å²) in [5, 5.41) is 2.93. The zero-order valence-corrected chi connectivity index (χ0v) is 15.0. The van der Waals surface area contributed by atoms with Gasteiger partial charge < -0.3 is 19.5 Å². The first kappa shape index (κ1) is 18.6. The Hall–Kier alpha value is -2.69. The van der Waals surface area contributed by atoms with Crippen molar-refractivity contribution in [2.24, 2.45) is 0 Å². The highest BCUT2D eigenvalue weighted by Crippen LogP contribution is 2.38. The maximum absolute atomic E-state index is 12.0. The third-order valence-corrected chi connectivity index (χ3v) is 3.93. The van der Waals surface area contributed by atoms with Crippen LogP contribution in [0.4, 0.5) is 0 Å². The first-order valence-electron chi connectivity index (χ1n) is 8.27. The summed E-state index contributed by atoms with van der Waals surface area (Å²) in [6.07, 6.45) is 2.23. The normalized spacial score (nSPS) is 10.2. The molecule has 134 valence electrons. The molecule has 5 nitrogen and oxygen atoms in total. The molecule has 0 aromatic heterocycles. The van der Waals surface area contributed by atoms with Crippen LogP contribution in [0.25, 0.3) is 0 Å². The number of amides is 1. The summed E-state index contributed by atoms with van der Waals surface area (Å²) < 4.78 is 15.9. The van der Waals surface area contributed by atoms with Crippen molar-refractivity contribution < 1.29 is 19.0 Å². The van der Waals surface area contributed by atoms with Crippen molar-refractivity contribution >= 4 is 5.91 Å². The van der Waals surface area contributed by atoms with Gasteiger partial charge in [-0.15, -0.1) is 0 Å². The van der Waals surface area contributed by atoms with Crippen molar-refractivity contribution in [1.29, 1.82) is 0 Å². The third kappa shape index (κ3) is 5.41. The van der Waals surface area contributed by atoms with Crippen LogP contribution in [0, 0.1) is 0 Å². The Balaban J connectivity index is 1.86. The van der Waals surface area contributed by atoms with E-state index in [9.17, 15) is 4.79 Å². The van der Waals surface area contributed by atoms with Gasteiger partial charge in [0.05, 0.1) is 21.3 Å². The molecule has 0 heterocycles. The predicted molar refractivity (Wildman–Crippen MR) is 97.3 cm³/mol. The first-order valence-corrected chi connectivity index (χ1v) is 8.27. The number of hydrogen-bond donors (Lipinski definition) is 1. The zero-order valence-electron chi connectivity index (χ0n) is 15.0. The quantitative estimate of drug-likeness (QED) is 0.759. The van der Waals surface area contributed by atoms with Crippen LogP contribution in [0.15, 0.2) is 42.5 Å². The highest BCUT2D eigenvalue weighted by atomic mass is 16.5. The summed E-state index contributed by atoms with van der Waals surface area (Å²) in [4.78, 5) is 12.0. The van der Waals surface area contributed by atoms with E-state index in [4.69, 9.17) is 14.2 Å². The number of methoxy groups -OCH3 is 3. The number of nitrogens with one attached hydrogen (secondary N) is 1. The van der Waals surface area contributed by atoms with Crippen LogP contribution in [0.5, 0.6) is 17.2 Å². The Labute approximate surface area is 148 Å². The van der Waals surface area contributed by atoms with Crippen LogP contribution in [-0.2, 0) is 17.8 Å². The topological polar surface area (TPSA) is 56.8 Å². The molecule has 2 rings (SSSR count). The van der Waals surface area contributed by atoms with Gasteiger partial charge in [0.2, 0.25) is 11.7 Å². The van der Waals surface area contributed by atoms with E-state index in [0.29, 0.717) is 30.2 Å². The molecule has 0 aliphatic carbocycles. The van der Waals surface area contributed by atoms with E-state index in [2.05, 4.69) is 17.4 Å². The minimum Gasteiger partial charge on any atom is -0.493 e. The van der Waals surface area contributed by atoms with Crippen molar-refractivity contribution in [1.82, 2.24) is 5.32 Å². The molecule has 1 N–H and O–H groups in total. The van der Waals surface area contributed by atoms with Crippen LogP contribution in [0.1, 0.15) is 24.0 Å². The zero-order chi connectivity index (χ0) is 18.1. The molecule has 0 bridgehead atoms. The van der Waals surface area contributed by atoms with Crippen LogP contribution in [0.2, 0.25) is 0 Å². The smallest absolute Gasteiger partial charge is 0.220 e. The molecule has 0 radical (unpaired) electrons. The van der Waals surface area contributed by atoms with Crippen molar-refractivity contribution in [3.8, 4) is 17.2 Å². The molecule has 0 saturated carbocycles. The molecule has 0 aliphatic rings. The van der Waals surface area contributed by atoms with Crippen LogP contribution in [-0.4, -0.2) is 27.2 Å². The van der Waals surface area contributed by atoms with Crippen molar-refractivity contribution in [3.63, 3.8) is 0 Å². The number of hydrogen-bond acceptors (Lipinski definition) is 4. The molecule has 5 heteroatoms. The molecule has 0 atom stereocenters. The number of benzene rings is 2. The highest BCUT2D eigenvalue weighted by Gasteiger charge is 2.13. The Morgan fingerprint density at radius 2 is 1.56 bits per heavy atom.